The van der Waals surface area contributed by atoms with E-state index in [1.165, 1.54) is 7.11 Å². The van der Waals surface area contributed by atoms with Crippen molar-refractivity contribution in [2.45, 2.75) is 12.5 Å². The fraction of sp³-hybridized carbons (Fsp3) is 0.714. The monoisotopic (exact) mass is 191 g/mol. The molecule has 3 N–H and O–H groups in total. The van der Waals surface area contributed by atoms with Crippen LogP contribution in [0.5, 0.6) is 0 Å². The molecule has 1 amide bonds. The number of nitrogens with one attached hydrogen (secondary N) is 1. The Morgan fingerprint density at radius 1 is 1.54 bits per heavy atom. The van der Waals surface area contributed by atoms with Crippen molar-refractivity contribution in [3.63, 3.8) is 0 Å². The van der Waals surface area contributed by atoms with Crippen molar-refractivity contribution in [2.75, 3.05) is 20.3 Å². The van der Waals surface area contributed by atoms with E-state index in [9.17, 15) is 9.59 Å². The number of ether oxygens (including phenoxy) is 1. The van der Waals surface area contributed by atoms with Gasteiger partial charge >= 0.3 is 5.97 Å². The Labute approximate surface area is 75.5 Å². The molecular formula is C7H13NO5. The molecule has 0 heterocycles. The molecule has 0 saturated heterocycles. The van der Waals surface area contributed by atoms with Gasteiger partial charge in [-0.25, -0.2) is 4.79 Å². The summed E-state index contributed by atoms with van der Waals surface area (Å²) in [6, 6.07) is -1.23. The Bertz CT molecular complexity index is 182. The molecule has 0 aromatic carbocycles. The Morgan fingerprint density at radius 3 is 2.54 bits per heavy atom. The first-order valence-corrected chi connectivity index (χ1v) is 3.73. The van der Waals surface area contributed by atoms with E-state index >= 15 is 0 Å². The molecule has 0 saturated carbocycles. The predicted octanol–water partition coefficient (Wildman–Crippen LogP) is -1.42. The van der Waals surface area contributed by atoms with Crippen molar-refractivity contribution in [2.24, 2.45) is 0 Å². The van der Waals surface area contributed by atoms with Crippen LogP contribution in [0.15, 0.2) is 0 Å². The molecule has 0 aromatic heterocycles. The molecule has 0 aliphatic heterocycles. The smallest absolute Gasteiger partial charge is 0.328 e. The molecule has 1 atom stereocenters. The number of aliphatic carboxylic acids is 1. The fourth-order valence-electron chi connectivity index (χ4n) is 0.647. The van der Waals surface area contributed by atoms with Crippen LogP contribution >= 0.6 is 0 Å². The highest BCUT2D eigenvalue weighted by molar-refractivity contribution is 5.83. The van der Waals surface area contributed by atoms with Gasteiger partial charge in [0.15, 0.2) is 0 Å². The lowest BCUT2D eigenvalue weighted by atomic mass is 10.3. The molecule has 0 aromatic rings. The van der Waals surface area contributed by atoms with E-state index in [4.69, 9.17) is 10.2 Å². The molecule has 0 aliphatic rings. The maximum absolute atomic E-state index is 10.9. The van der Waals surface area contributed by atoms with Crippen LogP contribution in [0, 0.1) is 0 Å². The first kappa shape index (κ1) is 11.9. The second kappa shape index (κ2) is 6.38. The summed E-state index contributed by atoms with van der Waals surface area (Å²) >= 11 is 0. The van der Waals surface area contributed by atoms with Gasteiger partial charge in [0.05, 0.1) is 13.2 Å². The standard InChI is InChI=1S/C7H13NO5/c1-13-3-2-6(10)8-5(4-9)7(11)12/h5,9H,2-4H2,1H3,(H,8,10)(H,11,12)/t5-/m1/s1. The van der Waals surface area contributed by atoms with Crippen LogP contribution in [-0.2, 0) is 14.3 Å². The third-order valence-corrected chi connectivity index (χ3v) is 1.35. The average molecular weight is 191 g/mol. The zero-order valence-electron chi connectivity index (χ0n) is 7.32. The maximum atomic E-state index is 10.9. The quantitative estimate of drug-likeness (QED) is 0.479. The zero-order chi connectivity index (χ0) is 10.3. The van der Waals surface area contributed by atoms with E-state index < -0.39 is 24.5 Å². The highest BCUT2D eigenvalue weighted by atomic mass is 16.5. The van der Waals surface area contributed by atoms with Crippen molar-refractivity contribution in [3.8, 4) is 0 Å². The number of aliphatic hydroxyl groups excluding tert-OH is 1. The molecule has 6 heteroatoms. The average Bonchev–Trinajstić information content (AvgIpc) is 2.10. The van der Waals surface area contributed by atoms with Crippen LogP contribution in [0.2, 0.25) is 0 Å². The molecule has 0 rings (SSSR count). The Morgan fingerprint density at radius 2 is 2.15 bits per heavy atom. The van der Waals surface area contributed by atoms with Crippen molar-refractivity contribution >= 4 is 11.9 Å². The van der Waals surface area contributed by atoms with Crippen molar-refractivity contribution in [1.29, 1.82) is 0 Å². The van der Waals surface area contributed by atoms with Crippen molar-refractivity contribution in [3.05, 3.63) is 0 Å². The summed E-state index contributed by atoms with van der Waals surface area (Å²) in [7, 11) is 1.44. The topological polar surface area (TPSA) is 95.9 Å². The SMILES string of the molecule is COCCC(=O)N[C@H](CO)C(=O)O. The highest BCUT2D eigenvalue weighted by Gasteiger charge is 2.17. The minimum absolute atomic E-state index is 0.0836. The number of methoxy groups -OCH3 is 1. The molecule has 0 radical (unpaired) electrons. The second-order valence-electron chi connectivity index (χ2n) is 2.38. The highest BCUT2D eigenvalue weighted by Crippen LogP contribution is 1.86. The molecule has 0 fully saturated rings. The van der Waals surface area contributed by atoms with Gasteiger partial charge in [-0.05, 0) is 0 Å². The molecule has 0 aliphatic carbocycles. The van der Waals surface area contributed by atoms with Crippen LogP contribution in [0.1, 0.15) is 6.42 Å². The van der Waals surface area contributed by atoms with Gasteiger partial charge in [-0.1, -0.05) is 0 Å². The Kier molecular flexibility index (Phi) is 5.82. The second-order valence-corrected chi connectivity index (χ2v) is 2.38. The van der Waals surface area contributed by atoms with E-state index in [1.54, 1.807) is 0 Å². The molecule has 13 heavy (non-hydrogen) atoms. The van der Waals surface area contributed by atoms with Crippen LogP contribution in [0.25, 0.3) is 0 Å². The number of carboxylic acids is 1. The lowest BCUT2D eigenvalue weighted by Crippen LogP contribution is -2.43. The summed E-state index contributed by atoms with van der Waals surface area (Å²) in [4.78, 5) is 21.2. The first-order chi connectivity index (χ1) is 6.11. The third-order valence-electron chi connectivity index (χ3n) is 1.35. The van der Waals surface area contributed by atoms with Gasteiger partial charge in [0.1, 0.15) is 6.04 Å². The van der Waals surface area contributed by atoms with Gasteiger partial charge in [-0.15, -0.1) is 0 Å². The number of carbonyl (C=O) groups is 2. The third kappa shape index (κ3) is 5.15. The predicted molar refractivity (Wildman–Crippen MR) is 43.1 cm³/mol. The number of amides is 1. The minimum atomic E-state index is -1.26. The zero-order valence-corrected chi connectivity index (χ0v) is 7.32. The van der Waals surface area contributed by atoms with E-state index in [0.29, 0.717) is 0 Å². The summed E-state index contributed by atoms with van der Waals surface area (Å²) in [6.45, 7) is -0.391. The van der Waals surface area contributed by atoms with Crippen LogP contribution in [0.3, 0.4) is 0 Å². The number of hydrogen-bond donors (Lipinski definition) is 3. The summed E-state index contributed by atoms with van der Waals surface area (Å²) in [6.07, 6.45) is 0.0836. The number of aliphatic hydroxyl groups is 1. The summed E-state index contributed by atoms with van der Waals surface area (Å²) < 4.78 is 4.62. The van der Waals surface area contributed by atoms with Gasteiger partial charge in [0.2, 0.25) is 5.91 Å². The van der Waals surface area contributed by atoms with Crippen LogP contribution in [-0.4, -0.2) is 48.5 Å². The fourth-order valence-corrected chi connectivity index (χ4v) is 0.647. The molecule has 6 nitrogen and oxygen atoms in total. The van der Waals surface area contributed by atoms with E-state index in [0.717, 1.165) is 0 Å². The van der Waals surface area contributed by atoms with Gasteiger partial charge in [-0.2, -0.15) is 0 Å². The lowest BCUT2D eigenvalue weighted by Gasteiger charge is -2.10. The molecule has 0 spiro atoms. The minimum Gasteiger partial charge on any atom is -0.480 e. The summed E-state index contributed by atoms with van der Waals surface area (Å²) in [5, 5.41) is 19.1. The number of carboxylic acid groups (broad SMARTS) is 1. The van der Waals surface area contributed by atoms with E-state index in [1.807, 2.05) is 0 Å². The molecule has 76 valence electrons. The van der Waals surface area contributed by atoms with Gasteiger partial charge in [-0.3, -0.25) is 4.79 Å². The number of rotatable bonds is 6. The Balaban J connectivity index is 3.80. The molecule has 0 bridgehead atoms. The summed E-state index contributed by atoms with van der Waals surface area (Å²) in [5.41, 5.74) is 0. The van der Waals surface area contributed by atoms with Crippen LogP contribution in [0.4, 0.5) is 0 Å². The number of carbonyl (C=O) groups excluding carboxylic acids is 1. The summed E-state index contributed by atoms with van der Waals surface area (Å²) in [5.74, 6) is -1.71. The normalized spacial score (nSPS) is 12.2. The first-order valence-electron chi connectivity index (χ1n) is 3.73. The van der Waals surface area contributed by atoms with Crippen LogP contribution < -0.4 is 5.32 Å². The Hall–Kier alpha value is -1.14. The maximum Gasteiger partial charge on any atom is 0.328 e. The van der Waals surface area contributed by atoms with Gasteiger partial charge < -0.3 is 20.3 Å². The van der Waals surface area contributed by atoms with E-state index in [-0.39, 0.29) is 13.0 Å². The van der Waals surface area contributed by atoms with Gasteiger partial charge in [0.25, 0.3) is 0 Å². The largest absolute Gasteiger partial charge is 0.480 e. The number of hydrogen-bond acceptors (Lipinski definition) is 4. The van der Waals surface area contributed by atoms with E-state index in [2.05, 4.69) is 10.1 Å². The molecule has 0 unspecified atom stereocenters. The van der Waals surface area contributed by atoms with Crippen molar-refractivity contribution < 1.29 is 24.5 Å². The van der Waals surface area contributed by atoms with Crippen molar-refractivity contribution in [1.82, 2.24) is 5.32 Å². The van der Waals surface area contributed by atoms with Gasteiger partial charge in [0, 0.05) is 13.5 Å². The molecular weight excluding hydrogens is 178 g/mol. The lowest BCUT2D eigenvalue weighted by molar-refractivity contribution is -0.143.